The molecule has 2 heterocycles. The van der Waals surface area contributed by atoms with Crippen molar-refractivity contribution in [3.05, 3.63) is 16.6 Å². The number of carboxylic acid groups (broad SMARTS) is 1. The Morgan fingerprint density at radius 2 is 2.50 bits per heavy atom. The summed E-state index contributed by atoms with van der Waals surface area (Å²) in [5.41, 5.74) is 0.183. The summed E-state index contributed by atoms with van der Waals surface area (Å²) < 4.78 is 0. The van der Waals surface area contributed by atoms with Crippen LogP contribution in [0.3, 0.4) is 0 Å². The molecule has 1 aliphatic heterocycles. The third kappa shape index (κ3) is 1.13. The molecule has 1 aliphatic rings. The van der Waals surface area contributed by atoms with Crippen molar-refractivity contribution in [3.8, 4) is 0 Å². The van der Waals surface area contributed by atoms with Gasteiger partial charge in [0.15, 0.2) is 5.54 Å². The van der Waals surface area contributed by atoms with E-state index >= 15 is 0 Å². The molecule has 1 atom stereocenters. The molecule has 1 aromatic rings. The van der Waals surface area contributed by atoms with Crippen molar-refractivity contribution in [1.29, 1.82) is 0 Å². The number of aromatic nitrogens is 1. The highest BCUT2D eigenvalue weighted by atomic mass is 32.1. The lowest BCUT2D eigenvalue weighted by atomic mass is 10.0. The first-order valence-corrected chi connectivity index (χ1v) is 4.71. The minimum atomic E-state index is -1.35. The summed E-state index contributed by atoms with van der Waals surface area (Å²) in [6, 6.07) is -0.471. The smallest absolute Gasteiger partial charge is 0.337 e. The van der Waals surface area contributed by atoms with Crippen LogP contribution >= 0.6 is 11.3 Å². The van der Waals surface area contributed by atoms with Crippen molar-refractivity contribution >= 4 is 23.3 Å². The largest absolute Gasteiger partial charge is 0.479 e. The average molecular weight is 213 g/mol. The molecule has 0 aliphatic carbocycles. The predicted octanol–water partition coefficient (Wildman–Crippen LogP) is -0.264. The quantitative estimate of drug-likeness (QED) is 0.631. The second kappa shape index (κ2) is 2.95. The van der Waals surface area contributed by atoms with Gasteiger partial charge in [0.2, 0.25) is 0 Å². The Bertz CT molecular complexity index is 378. The van der Waals surface area contributed by atoms with Crippen LogP contribution in [0.5, 0.6) is 0 Å². The molecule has 0 spiro atoms. The van der Waals surface area contributed by atoms with Crippen LogP contribution in [0.2, 0.25) is 0 Å². The third-order valence-electron chi connectivity index (χ3n) is 2.06. The number of carbonyl (C=O) groups is 2. The molecule has 3 N–H and O–H groups in total. The Kier molecular flexibility index (Phi) is 1.88. The van der Waals surface area contributed by atoms with Gasteiger partial charge < -0.3 is 15.7 Å². The maximum absolute atomic E-state index is 11.1. The van der Waals surface area contributed by atoms with Gasteiger partial charge in [0.25, 0.3) is 0 Å². The van der Waals surface area contributed by atoms with E-state index < -0.39 is 17.5 Å². The van der Waals surface area contributed by atoms with Crippen molar-refractivity contribution in [2.45, 2.75) is 5.54 Å². The minimum absolute atomic E-state index is 0.0450. The van der Waals surface area contributed by atoms with Crippen LogP contribution in [0, 0.1) is 0 Å². The van der Waals surface area contributed by atoms with E-state index in [1.165, 1.54) is 23.0 Å². The second-order valence-corrected chi connectivity index (χ2v) is 3.77. The Morgan fingerprint density at radius 3 is 2.93 bits per heavy atom. The van der Waals surface area contributed by atoms with Crippen LogP contribution in [0.1, 0.15) is 4.88 Å². The number of nitrogens with one attached hydrogen (secondary N) is 2. The fourth-order valence-electron chi connectivity index (χ4n) is 1.30. The van der Waals surface area contributed by atoms with Crippen molar-refractivity contribution in [3.63, 3.8) is 0 Å². The van der Waals surface area contributed by atoms with Crippen molar-refractivity contribution in [2.24, 2.45) is 0 Å². The first-order valence-electron chi connectivity index (χ1n) is 3.83. The first-order chi connectivity index (χ1) is 6.65. The summed E-state index contributed by atoms with van der Waals surface area (Å²) in [6.07, 6.45) is 1.45. The molecule has 14 heavy (non-hydrogen) atoms. The molecule has 2 amide bonds. The summed E-state index contributed by atoms with van der Waals surface area (Å²) in [5, 5.41) is 13.9. The molecule has 1 saturated heterocycles. The zero-order valence-electron chi connectivity index (χ0n) is 6.98. The number of rotatable bonds is 2. The van der Waals surface area contributed by atoms with Crippen LogP contribution in [-0.4, -0.2) is 28.6 Å². The van der Waals surface area contributed by atoms with Gasteiger partial charge in [0.1, 0.15) is 0 Å². The van der Waals surface area contributed by atoms with E-state index in [1.807, 2.05) is 0 Å². The Morgan fingerprint density at radius 1 is 1.71 bits per heavy atom. The number of aliphatic carboxylic acids is 1. The molecule has 1 unspecified atom stereocenters. The molecule has 7 heteroatoms. The summed E-state index contributed by atoms with van der Waals surface area (Å²) in [7, 11) is 0. The molecule has 2 rings (SSSR count). The fourth-order valence-corrected chi connectivity index (χ4v) is 2.07. The van der Waals surface area contributed by atoms with E-state index in [4.69, 9.17) is 5.11 Å². The van der Waals surface area contributed by atoms with Gasteiger partial charge in [0.05, 0.1) is 16.9 Å². The summed E-state index contributed by atoms with van der Waals surface area (Å²) in [6.45, 7) is 0.0450. The van der Waals surface area contributed by atoms with Gasteiger partial charge in [-0.15, -0.1) is 11.3 Å². The minimum Gasteiger partial charge on any atom is -0.479 e. The highest BCUT2D eigenvalue weighted by Crippen LogP contribution is 2.26. The van der Waals surface area contributed by atoms with Gasteiger partial charge in [-0.05, 0) is 0 Å². The standard InChI is InChI=1S/C7H7N3O3S/c11-5(12)7(2-9-6(13)10-7)4-1-8-3-14-4/h1,3H,2H2,(H,11,12)(H2,9,10,13). The molecule has 6 nitrogen and oxygen atoms in total. The van der Waals surface area contributed by atoms with Crippen LogP contribution < -0.4 is 10.6 Å². The number of hydrogen-bond donors (Lipinski definition) is 3. The topological polar surface area (TPSA) is 91.3 Å². The van der Waals surface area contributed by atoms with Crippen LogP contribution in [0.15, 0.2) is 11.7 Å². The molecule has 74 valence electrons. The van der Waals surface area contributed by atoms with Gasteiger partial charge in [-0.1, -0.05) is 0 Å². The van der Waals surface area contributed by atoms with Crippen LogP contribution in [0.25, 0.3) is 0 Å². The molecule has 1 aromatic heterocycles. The van der Waals surface area contributed by atoms with E-state index in [2.05, 4.69) is 15.6 Å². The number of amides is 2. The lowest BCUT2D eigenvalue weighted by Crippen LogP contribution is -2.47. The highest BCUT2D eigenvalue weighted by Gasteiger charge is 2.47. The van der Waals surface area contributed by atoms with Crippen molar-refractivity contribution in [1.82, 2.24) is 15.6 Å². The SMILES string of the molecule is O=C1NCC(C(=O)O)(c2cncs2)N1. The van der Waals surface area contributed by atoms with E-state index in [1.54, 1.807) is 0 Å². The fraction of sp³-hybridized carbons (Fsp3) is 0.286. The molecular formula is C7H7N3O3S. The summed E-state index contributed by atoms with van der Waals surface area (Å²) in [5.74, 6) is -1.08. The zero-order valence-corrected chi connectivity index (χ0v) is 7.80. The number of urea groups is 1. The molecule has 0 saturated carbocycles. The number of nitrogens with zero attached hydrogens (tertiary/aromatic N) is 1. The monoisotopic (exact) mass is 213 g/mol. The van der Waals surface area contributed by atoms with Gasteiger partial charge >= 0.3 is 12.0 Å². The third-order valence-corrected chi connectivity index (χ3v) is 2.99. The molecule has 0 radical (unpaired) electrons. The average Bonchev–Trinajstić information content (AvgIpc) is 2.71. The lowest BCUT2D eigenvalue weighted by Gasteiger charge is -2.20. The second-order valence-electron chi connectivity index (χ2n) is 2.88. The summed E-state index contributed by atoms with van der Waals surface area (Å²) in [4.78, 5) is 26.4. The van der Waals surface area contributed by atoms with Crippen molar-refractivity contribution in [2.75, 3.05) is 6.54 Å². The molecule has 0 aromatic carbocycles. The Balaban J connectivity index is 2.42. The summed E-state index contributed by atoms with van der Waals surface area (Å²) >= 11 is 1.20. The Labute approximate surface area is 83.0 Å². The normalized spacial score (nSPS) is 25.6. The van der Waals surface area contributed by atoms with Crippen LogP contribution in [0.4, 0.5) is 4.79 Å². The number of thiazole rings is 1. The number of carbonyl (C=O) groups excluding carboxylic acids is 1. The molecular weight excluding hydrogens is 206 g/mol. The van der Waals surface area contributed by atoms with E-state index in [-0.39, 0.29) is 6.54 Å². The van der Waals surface area contributed by atoms with Gasteiger partial charge in [-0.2, -0.15) is 0 Å². The maximum Gasteiger partial charge on any atom is 0.337 e. The molecule has 0 bridgehead atoms. The lowest BCUT2D eigenvalue weighted by molar-refractivity contribution is -0.143. The van der Waals surface area contributed by atoms with Gasteiger partial charge in [0, 0.05) is 6.20 Å². The Hall–Kier alpha value is -1.63. The van der Waals surface area contributed by atoms with Gasteiger partial charge in [-0.3, -0.25) is 4.98 Å². The molecule has 1 fully saturated rings. The van der Waals surface area contributed by atoms with Gasteiger partial charge in [-0.25, -0.2) is 9.59 Å². The first kappa shape index (κ1) is 8.95. The van der Waals surface area contributed by atoms with Crippen molar-refractivity contribution < 1.29 is 14.7 Å². The highest BCUT2D eigenvalue weighted by molar-refractivity contribution is 7.09. The number of carboxylic acids is 1. The predicted molar refractivity (Wildman–Crippen MR) is 48.0 cm³/mol. The van der Waals surface area contributed by atoms with E-state index in [9.17, 15) is 9.59 Å². The van der Waals surface area contributed by atoms with E-state index in [0.29, 0.717) is 4.88 Å². The maximum atomic E-state index is 11.1. The number of hydrogen-bond acceptors (Lipinski definition) is 4. The van der Waals surface area contributed by atoms with E-state index in [0.717, 1.165) is 0 Å². The zero-order chi connectivity index (χ0) is 10.2. The van der Waals surface area contributed by atoms with Crippen LogP contribution in [-0.2, 0) is 10.3 Å².